The molecule has 1 unspecified atom stereocenters. The molecule has 0 radical (unpaired) electrons. The summed E-state index contributed by atoms with van der Waals surface area (Å²) in [6.07, 6.45) is 1.11. The molecular weight excluding hydrogens is 430 g/mol. The summed E-state index contributed by atoms with van der Waals surface area (Å²) >= 11 is 1.69. The number of carbonyl (C=O) groups is 3. The molecule has 2 aliphatic heterocycles. The van der Waals surface area contributed by atoms with Crippen LogP contribution < -0.4 is 5.32 Å². The number of ether oxygens (including phenoxy) is 2. The lowest BCUT2D eigenvalue weighted by Crippen LogP contribution is -2.42. The standard InChI is InChI=1S/C23H29N3O5S/c1-4-30-19(28)12-11-18(27)25-17-9-7-16(8-10-17)21-20(22(29)31-5-2)15(3)24-23-26(21)13-6-14-32-23/h7-10,21H,4-6,11-14H2,1-3H3,(H,25,27). The Labute approximate surface area is 192 Å². The number of hydrogen-bond donors (Lipinski definition) is 1. The molecule has 0 aromatic heterocycles. The van der Waals surface area contributed by atoms with Crippen LogP contribution in [0.5, 0.6) is 0 Å². The first-order chi connectivity index (χ1) is 15.4. The number of amides is 1. The molecule has 0 saturated carbocycles. The third kappa shape index (κ3) is 5.70. The number of nitrogens with zero attached hydrogens (tertiary/aromatic N) is 2. The number of esters is 2. The number of benzene rings is 1. The van der Waals surface area contributed by atoms with Gasteiger partial charge in [0.15, 0.2) is 5.17 Å². The molecule has 0 aliphatic carbocycles. The topological polar surface area (TPSA) is 97.3 Å². The van der Waals surface area contributed by atoms with Crippen LogP contribution in [0.1, 0.15) is 51.6 Å². The van der Waals surface area contributed by atoms with Crippen molar-refractivity contribution in [2.75, 3.05) is 30.8 Å². The Morgan fingerprint density at radius 1 is 1.12 bits per heavy atom. The van der Waals surface area contributed by atoms with Crippen LogP contribution in [0.15, 0.2) is 40.5 Å². The van der Waals surface area contributed by atoms with Gasteiger partial charge >= 0.3 is 11.9 Å². The zero-order chi connectivity index (χ0) is 23.1. The maximum absolute atomic E-state index is 12.8. The number of rotatable bonds is 8. The van der Waals surface area contributed by atoms with Crippen LogP contribution in [0.4, 0.5) is 5.69 Å². The van der Waals surface area contributed by atoms with Crippen molar-refractivity contribution in [3.05, 3.63) is 41.1 Å². The lowest BCUT2D eigenvalue weighted by Gasteiger charge is -2.40. The molecule has 2 aliphatic rings. The number of carbonyl (C=O) groups excluding carboxylic acids is 3. The van der Waals surface area contributed by atoms with Gasteiger partial charge in [-0.2, -0.15) is 0 Å². The Morgan fingerprint density at radius 3 is 2.53 bits per heavy atom. The van der Waals surface area contributed by atoms with Gasteiger partial charge in [0.05, 0.1) is 36.9 Å². The second kappa shape index (κ2) is 11.2. The number of fused-ring (bicyclic) bond motifs is 1. The van der Waals surface area contributed by atoms with Crippen molar-refractivity contribution in [3.8, 4) is 0 Å². The van der Waals surface area contributed by atoms with Gasteiger partial charge in [-0.05, 0) is 44.9 Å². The molecule has 2 heterocycles. The van der Waals surface area contributed by atoms with Gasteiger partial charge in [-0.3, -0.25) is 9.59 Å². The first-order valence-electron chi connectivity index (χ1n) is 10.9. The van der Waals surface area contributed by atoms with Crippen molar-refractivity contribution < 1.29 is 23.9 Å². The first-order valence-corrected chi connectivity index (χ1v) is 11.8. The molecule has 1 amide bonds. The van der Waals surface area contributed by atoms with E-state index in [-0.39, 0.29) is 36.7 Å². The van der Waals surface area contributed by atoms with Crippen LogP contribution in [0, 0.1) is 0 Å². The van der Waals surface area contributed by atoms with E-state index in [4.69, 9.17) is 9.47 Å². The minimum atomic E-state index is -0.388. The quantitative estimate of drug-likeness (QED) is 0.593. The summed E-state index contributed by atoms with van der Waals surface area (Å²) in [6.45, 7) is 6.76. The van der Waals surface area contributed by atoms with Crippen molar-refractivity contribution in [2.24, 2.45) is 4.99 Å². The second-order valence-electron chi connectivity index (χ2n) is 7.39. The van der Waals surface area contributed by atoms with Crippen LogP contribution in [-0.4, -0.2) is 53.4 Å². The minimum absolute atomic E-state index is 0.0432. The van der Waals surface area contributed by atoms with E-state index < -0.39 is 0 Å². The van der Waals surface area contributed by atoms with Crippen LogP contribution in [0.3, 0.4) is 0 Å². The third-order valence-electron chi connectivity index (χ3n) is 5.13. The number of amidine groups is 1. The normalized spacial score (nSPS) is 17.9. The minimum Gasteiger partial charge on any atom is -0.466 e. The van der Waals surface area contributed by atoms with Crippen LogP contribution in [-0.2, 0) is 23.9 Å². The van der Waals surface area contributed by atoms with Gasteiger partial charge in [-0.1, -0.05) is 23.9 Å². The van der Waals surface area contributed by atoms with Crippen LogP contribution >= 0.6 is 11.8 Å². The van der Waals surface area contributed by atoms with E-state index in [1.54, 1.807) is 37.7 Å². The molecule has 172 valence electrons. The summed E-state index contributed by atoms with van der Waals surface area (Å²) in [7, 11) is 0. The van der Waals surface area contributed by atoms with Crippen LogP contribution in [0.25, 0.3) is 0 Å². The van der Waals surface area contributed by atoms with E-state index in [9.17, 15) is 14.4 Å². The number of allylic oxidation sites excluding steroid dienone is 1. The fourth-order valence-corrected chi connectivity index (χ4v) is 4.73. The van der Waals surface area contributed by atoms with Gasteiger partial charge in [0.2, 0.25) is 5.91 Å². The molecule has 1 fully saturated rings. The smallest absolute Gasteiger partial charge is 0.338 e. The largest absolute Gasteiger partial charge is 0.466 e. The van der Waals surface area contributed by atoms with Crippen molar-refractivity contribution in [1.82, 2.24) is 4.90 Å². The fraction of sp³-hybridized carbons (Fsp3) is 0.478. The van der Waals surface area contributed by atoms with Crippen molar-refractivity contribution in [2.45, 2.75) is 46.1 Å². The Hall–Kier alpha value is -2.81. The van der Waals surface area contributed by atoms with Gasteiger partial charge in [0, 0.05) is 24.4 Å². The number of anilines is 1. The highest BCUT2D eigenvalue weighted by atomic mass is 32.2. The Kier molecular flexibility index (Phi) is 8.33. The maximum atomic E-state index is 12.8. The number of nitrogens with one attached hydrogen (secondary N) is 1. The number of aliphatic imine (C=N–C) groups is 1. The van der Waals surface area contributed by atoms with E-state index in [1.165, 1.54) is 0 Å². The van der Waals surface area contributed by atoms with E-state index in [1.807, 2.05) is 19.1 Å². The molecular formula is C23H29N3O5S. The summed E-state index contributed by atoms with van der Waals surface area (Å²) < 4.78 is 10.2. The van der Waals surface area contributed by atoms with Crippen molar-refractivity contribution in [1.29, 1.82) is 0 Å². The van der Waals surface area contributed by atoms with Gasteiger partial charge in [0.25, 0.3) is 0 Å². The Bertz CT molecular complexity index is 926. The van der Waals surface area contributed by atoms with Crippen LogP contribution in [0.2, 0.25) is 0 Å². The number of hydrogen-bond acceptors (Lipinski definition) is 8. The number of thioether (sulfide) groups is 1. The maximum Gasteiger partial charge on any atom is 0.338 e. The summed E-state index contributed by atoms with van der Waals surface area (Å²) in [4.78, 5) is 43.2. The highest BCUT2D eigenvalue weighted by molar-refractivity contribution is 8.13. The highest BCUT2D eigenvalue weighted by Gasteiger charge is 2.37. The highest BCUT2D eigenvalue weighted by Crippen LogP contribution is 2.40. The van der Waals surface area contributed by atoms with Gasteiger partial charge in [-0.25, -0.2) is 9.79 Å². The first kappa shape index (κ1) is 23.8. The lowest BCUT2D eigenvalue weighted by atomic mass is 9.94. The summed E-state index contributed by atoms with van der Waals surface area (Å²) in [5.41, 5.74) is 2.76. The van der Waals surface area contributed by atoms with E-state index in [0.717, 1.165) is 29.4 Å². The average molecular weight is 460 g/mol. The molecule has 1 aromatic rings. The monoisotopic (exact) mass is 459 g/mol. The van der Waals surface area contributed by atoms with Gasteiger partial charge < -0.3 is 19.7 Å². The summed E-state index contributed by atoms with van der Waals surface area (Å²) in [6, 6.07) is 7.12. The Morgan fingerprint density at radius 2 is 1.84 bits per heavy atom. The van der Waals surface area contributed by atoms with Gasteiger partial charge in [-0.15, -0.1) is 0 Å². The molecule has 1 aromatic carbocycles. The third-order valence-corrected chi connectivity index (χ3v) is 6.20. The second-order valence-corrected chi connectivity index (χ2v) is 8.45. The van der Waals surface area contributed by atoms with Gasteiger partial charge in [0.1, 0.15) is 0 Å². The molecule has 8 nitrogen and oxygen atoms in total. The molecule has 32 heavy (non-hydrogen) atoms. The average Bonchev–Trinajstić information content (AvgIpc) is 2.78. The molecule has 9 heteroatoms. The zero-order valence-electron chi connectivity index (χ0n) is 18.7. The molecule has 1 atom stereocenters. The summed E-state index contributed by atoms with van der Waals surface area (Å²) in [5, 5.41) is 3.72. The predicted molar refractivity (Wildman–Crippen MR) is 124 cm³/mol. The summed E-state index contributed by atoms with van der Waals surface area (Å²) in [5.74, 6) is -0.000269. The van der Waals surface area contributed by atoms with E-state index in [0.29, 0.717) is 30.2 Å². The van der Waals surface area contributed by atoms with Crippen molar-refractivity contribution >= 4 is 40.5 Å². The molecule has 1 saturated heterocycles. The molecule has 0 spiro atoms. The molecule has 0 bridgehead atoms. The molecule has 3 rings (SSSR count). The lowest BCUT2D eigenvalue weighted by molar-refractivity contribution is -0.144. The fourth-order valence-electron chi connectivity index (χ4n) is 3.71. The van der Waals surface area contributed by atoms with Crippen molar-refractivity contribution in [3.63, 3.8) is 0 Å². The van der Waals surface area contributed by atoms with E-state index >= 15 is 0 Å². The molecule has 1 N–H and O–H groups in total. The zero-order valence-corrected chi connectivity index (χ0v) is 19.5. The Balaban J connectivity index is 1.77. The predicted octanol–water partition coefficient (Wildman–Crippen LogP) is 3.66. The SMILES string of the molecule is CCOC(=O)CCC(=O)Nc1ccc(C2C(C(=O)OCC)=C(C)N=C3SCCCN32)cc1. The van der Waals surface area contributed by atoms with E-state index in [2.05, 4.69) is 15.2 Å².